The van der Waals surface area contributed by atoms with Crippen molar-refractivity contribution in [3.05, 3.63) is 60.3 Å². The molecule has 4 aromatic rings. The molecule has 0 radical (unpaired) electrons. The summed E-state index contributed by atoms with van der Waals surface area (Å²) < 4.78 is 46.3. The summed E-state index contributed by atoms with van der Waals surface area (Å²) >= 11 is 0. The Kier molecular flexibility index (Phi) is 6.34. The van der Waals surface area contributed by atoms with Crippen molar-refractivity contribution in [2.45, 2.75) is 6.10 Å². The summed E-state index contributed by atoms with van der Waals surface area (Å²) in [7, 11) is 4.06. The van der Waals surface area contributed by atoms with Crippen LogP contribution in [0.2, 0.25) is 0 Å². The Hall–Kier alpha value is -4.52. The number of rotatable bonds is 8. The number of halogens is 2. The molecule has 1 atom stereocenters. The number of aryl methyl sites for hydroxylation is 1. The molecule has 0 saturated heterocycles. The van der Waals surface area contributed by atoms with E-state index in [1.807, 2.05) is 0 Å². The number of amides is 1. The van der Waals surface area contributed by atoms with Crippen LogP contribution in [-0.2, 0) is 11.8 Å². The van der Waals surface area contributed by atoms with Crippen molar-refractivity contribution in [2.75, 3.05) is 24.9 Å². The van der Waals surface area contributed by atoms with E-state index in [0.29, 0.717) is 11.5 Å². The van der Waals surface area contributed by atoms with Crippen LogP contribution in [0.25, 0.3) is 11.1 Å². The highest BCUT2D eigenvalue weighted by atomic mass is 19.1. The zero-order valence-corrected chi connectivity index (χ0v) is 18.8. The molecule has 1 amide bonds. The third-order valence-electron chi connectivity index (χ3n) is 4.93. The van der Waals surface area contributed by atoms with Crippen molar-refractivity contribution in [1.29, 1.82) is 0 Å². The number of nitrogens with zero attached hydrogens (tertiary/aromatic N) is 4. The lowest BCUT2D eigenvalue weighted by atomic mass is 10.1. The first-order valence-electron chi connectivity index (χ1n) is 10.0. The number of oxazole rings is 1. The fourth-order valence-corrected chi connectivity index (χ4v) is 3.28. The topological polar surface area (TPSA) is 137 Å². The maximum absolute atomic E-state index is 14.8. The lowest BCUT2D eigenvalue weighted by Gasteiger charge is -2.14. The van der Waals surface area contributed by atoms with Crippen LogP contribution >= 0.6 is 0 Å². The van der Waals surface area contributed by atoms with Gasteiger partial charge in [0.1, 0.15) is 17.0 Å². The smallest absolute Gasteiger partial charge is 0.247 e. The first-order valence-corrected chi connectivity index (χ1v) is 10.0. The Balaban J connectivity index is 1.67. The molecule has 1 unspecified atom stereocenters. The van der Waals surface area contributed by atoms with Crippen LogP contribution in [0, 0.1) is 11.6 Å². The van der Waals surface area contributed by atoms with Gasteiger partial charge in [0.2, 0.25) is 11.8 Å². The van der Waals surface area contributed by atoms with Crippen LogP contribution in [0.4, 0.5) is 26.1 Å². The second-order valence-corrected chi connectivity index (χ2v) is 7.20. The average Bonchev–Trinajstić information content (AvgIpc) is 3.41. The zero-order valence-electron chi connectivity index (χ0n) is 18.8. The van der Waals surface area contributed by atoms with Gasteiger partial charge >= 0.3 is 0 Å². The fraction of sp³-hybridized carbons (Fsp3) is 0.182. The molecule has 0 bridgehead atoms. The number of fused-ring (bicyclic) bond motifs is 1. The number of carbonyl (C=O) groups excluding carboxylic acids is 1. The number of aromatic nitrogens is 4. The van der Waals surface area contributed by atoms with Crippen molar-refractivity contribution in [2.24, 2.45) is 7.05 Å². The quantitative estimate of drug-likeness (QED) is 0.321. The van der Waals surface area contributed by atoms with Gasteiger partial charge in [-0.3, -0.25) is 9.48 Å². The molecule has 0 fully saturated rings. The number of hydrogen-bond acceptors (Lipinski definition) is 9. The van der Waals surface area contributed by atoms with Crippen molar-refractivity contribution in [3.8, 4) is 11.5 Å². The number of carbonyl (C=O) groups is 1. The molecule has 3 heterocycles. The SMILES string of the molecule is C=CC(=O)Nc1cn(C)nc1Nc1cc2nc(C(O)c3c(F)c(OC)cc(OC)c3F)oc2cn1. The third-order valence-corrected chi connectivity index (χ3v) is 4.93. The molecule has 1 aromatic carbocycles. The minimum Gasteiger partial charge on any atom is -0.494 e. The summed E-state index contributed by atoms with van der Waals surface area (Å²) in [5.41, 5.74) is 0.0324. The van der Waals surface area contributed by atoms with Gasteiger partial charge in [-0.15, -0.1) is 0 Å². The van der Waals surface area contributed by atoms with Crippen molar-refractivity contribution >= 4 is 34.3 Å². The van der Waals surface area contributed by atoms with Gasteiger partial charge in [-0.1, -0.05) is 6.58 Å². The van der Waals surface area contributed by atoms with E-state index in [1.54, 1.807) is 13.2 Å². The van der Waals surface area contributed by atoms with Crippen LogP contribution in [0.15, 0.2) is 41.6 Å². The zero-order chi connectivity index (χ0) is 25.3. The standard InChI is InChI=1S/C22H20F2N6O5/c1-5-16(31)26-11-9-30(2)29-21(11)28-15-6-10-14(8-25-15)35-22(27-10)20(32)17-18(23)12(33-3)7-13(34-4)19(17)24/h5-9,20,32H,1H2,2-4H3,(H,26,31)(H,25,28,29). The maximum Gasteiger partial charge on any atom is 0.247 e. The third kappa shape index (κ3) is 4.48. The monoisotopic (exact) mass is 486 g/mol. The van der Waals surface area contributed by atoms with E-state index in [1.165, 1.54) is 31.2 Å². The predicted molar refractivity (Wildman–Crippen MR) is 121 cm³/mol. The van der Waals surface area contributed by atoms with E-state index in [9.17, 15) is 18.7 Å². The van der Waals surface area contributed by atoms with Crippen LogP contribution in [0.3, 0.4) is 0 Å². The highest BCUT2D eigenvalue weighted by Gasteiger charge is 2.30. The van der Waals surface area contributed by atoms with Crippen LogP contribution in [0.5, 0.6) is 11.5 Å². The number of ether oxygens (including phenoxy) is 2. The highest BCUT2D eigenvalue weighted by molar-refractivity contribution is 6.00. The lowest BCUT2D eigenvalue weighted by molar-refractivity contribution is -0.111. The second-order valence-electron chi connectivity index (χ2n) is 7.20. The van der Waals surface area contributed by atoms with E-state index in [0.717, 1.165) is 12.1 Å². The van der Waals surface area contributed by atoms with Crippen molar-refractivity contribution in [3.63, 3.8) is 0 Å². The first kappa shape index (κ1) is 23.6. The van der Waals surface area contributed by atoms with Crippen molar-refractivity contribution in [1.82, 2.24) is 19.7 Å². The van der Waals surface area contributed by atoms with Gasteiger partial charge < -0.3 is 29.6 Å². The predicted octanol–water partition coefficient (Wildman–Crippen LogP) is 3.20. The minimum absolute atomic E-state index is 0.154. The molecule has 3 N–H and O–H groups in total. The first-order chi connectivity index (χ1) is 16.7. The summed E-state index contributed by atoms with van der Waals surface area (Å²) in [4.78, 5) is 20.0. The van der Waals surface area contributed by atoms with E-state index >= 15 is 0 Å². The number of hydrogen-bond donors (Lipinski definition) is 3. The van der Waals surface area contributed by atoms with Gasteiger partial charge in [-0.05, 0) is 6.08 Å². The summed E-state index contributed by atoms with van der Waals surface area (Å²) in [5.74, 6) is -3.11. The Morgan fingerprint density at radius 3 is 2.57 bits per heavy atom. The molecule has 11 nitrogen and oxygen atoms in total. The van der Waals surface area contributed by atoms with Gasteiger partial charge in [-0.25, -0.2) is 18.7 Å². The number of aliphatic hydroxyl groups is 1. The second kappa shape index (κ2) is 9.38. The Labute approximate surface area is 197 Å². The maximum atomic E-state index is 14.8. The van der Waals surface area contributed by atoms with Gasteiger partial charge in [0.25, 0.3) is 0 Å². The summed E-state index contributed by atoms with van der Waals surface area (Å²) in [6, 6.07) is 2.50. The molecule has 0 spiro atoms. The lowest BCUT2D eigenvalue weighted by Crippen LogP contribution is -2.09. The number of methoxy groups -OCH3 is 2. The molecule has 35 heavy (non-hydrogen) atoms. The fourth-order valence-electron chi connectivity index (χ4n) is 3.28. The van der Waals surface area contributed by atoms with Gasteiger partial charge in [-0.2, -0.15) is 5.10 Å². The molecule has 0 aliphatic rings. The average molecular weight is 486 g/mol. The molecule has 182 valence electrons. The van der Waals surface area contributed by atoms with Crippen LogP contribution in [0.1, 0.15) is 17.6 Å². The molecule has 0 saturated carbocycles. The van der Waals surface area contributed by atoms with E-state index in [-0.39, 0.29) is 34.3 Å². The molecular weight excluding hydrogens is 466 g/mol. The number of anilines is 3. The van der Waals surface area contributed by atoms with Gasteiger partial charge in [0.15, 0.2) is 40.6 Å². The van der Waals surface area contributed by atoms with Crippen molar-refractivity contribution < 1.29 is 32.6 Å². The molecule has 4 rings (SSSR count). The van der Waals surface area contributed by atoms with Gasteiger partial charge in [0, 0.05) is 19.2 Å². The van der Waals surface area contributed by atoms with Crippen LogP contribution < -0.4 is 20.1 Å². The molecule has 0 aliphatic heterocycles. The minimum atomic E-state index is -1.90. The van der Waals surface area contributed by atoms with E-state index in [2.05, 4.69) is 32.3 Å². The van der Waals surface area contributed by atoms with E-state index < -0.39 is 29.2 Å². The number of pyridine rings is 1. The summed E-state index contributed by atoms with van der Waals surface area (Å²) in [5, 5.41) is 20.5. The number of aliphatic hydroxyl groups excluding tert-OH is 1. The largest absolute Gasteiger partial charge is 0.494 e. The molecule has 0 aliphatic carbocycles. The normalized spacial score (nSPS) is 11.8. The van der Waals surface area contributed by atoms with E-state index in [4.69, 9.17) is 13.9 Å². The Morgan fingerprint density at radius 1 is 1.26 bits per heavy atom. The molecular formula is C22H20F2N6O5. The van der Waals surface area contributed by atoms with Crippen LogP contribution in [-0.4, -0.2) is 45.0 Å². The summed E-state index contributed by atoms with van der Waals surface area (Å²) in [6.07, 6.45) is 2.11. The summed E-state index contributed by atoms with van der Waals surface area (Å²) in [6.45, 7) is 3.41. The Bertz CT molecular complexity index is 1410. The number of nitrogens with one attached hydrogen (secondary N) is 2. The molecule has 13 heteroatoms. The highest BCUT2D eigenvalue weighted by Crippen LogP contribution is 2.37. The Morgan fingerprint density at radius 2 is 1.94 bits per heavy atom. The molecule has 3 aromatic heterocycles. The number of benzene rings is 1. The van der Waals surface area contributed by atoms with Gasteiger partial charge in [0.05, 0.1) is 32.2 Å².